The van der Waals surface area contributed by atoms with Crippen LogP contribution in [0.3, 0.4) is 0 Å². The fourth-order valence-electron chi connectivity index (χ4n) is 3.64. The number of carbonyl (C=O) groups excluding carboxylic acids is 2. The molecule has 3 atom stereocenters. The average Bonchev–Trinajstić information content (AvgIpc) is 3.27. The lowest BCUT2D eigenvalue weighted by Crippen LogP contribution is -2.53. The number of thiophene rings is 1. The molecule has 1 amide bonds. The van der Waals surface area contributed by atoms with Crippen LogP contribution in [0.5, 0.6) is 0 Å². The number of benzene rings is 1. The predicted molar refractivity (Wildman–Crippen MR) is 126 cm³/mol. The molecule has 7 nitrogen and oxygen atoms in total. The molecule has 3 rings (SSSR count). The van der Waals surface area contributed by atoms with E-state index in [0.29, 0.717) is 25.1 Å². The molecule has 1 aromatic heterocycles. The van der Waals surface area contributed by atoms with E-state index in [-0.39, 0.29) is 24.3 Å². The summed E-state index contributed by atoms with van der Waals surface area (Å²) in [7, 11) is 0. The van der Waals surface area contributed by atoms with Crippen molar-refractivity contribution >= 4 is 40.9 Å². The van der Waals surface area contributed by atoms with Crippen LogP contribution in [0.15, 0.2) is 47.2 Å². The summed E-state index contributed by atoms with van der Waals surface area (Å²) in [6.07, 6.45) is 1.13. The van der Waals surface area contributed by atoms with Gasteiger partial charge in [0, 0.05) is 17.5 Å². The molecule has 9 heteroatoms. The maximum Gasteiger partial charge on any atom is 0.323 e. The zero-order valence-corrected chi connectivity index (χ0v) is 19.6. The SMILES string of the molecule is CCOC(=O)[C@H](CCc1ccccc1)N[C@H]1CS[C@H](c2ccsc2)CN(CC(=O)O)C1=O. The summed E-state index contributed by atoms with van der Waals surface area (Å²) >= 11 is 3.17. The number of aliphatic carboxylic acids is 1. The van der Waals surface area contributed by atoms with E-state index in [1.807, 2.05) is 47.2 Å². The van der Waals surface area contributed by atoms with E-state index in [1.54, 1.807) is 30.0 Å². The standard InChI is InChI=1S/C23H28N2O5S2/c1-2-30-23(29)18(9-8-16-6-4-3-5-7-16)24-19-15-32-20(17-10-11-31-14-17)12-25(22(19)28)13-21(26)27/h3-7,10-11,14,18-20,24H,2,8-9,12-13,15H2,1H3,(H,26,27)/t18-,19-,20-/m0/s1. The number of rotatable bonds is 10. The highest BCUT2D eigenvalue weighted by molar-refractivity contribution is 7.99. The van der Waals surface area contributed by atoms with Crippen LogP contribution in [-0.4, -0.2) is 65.4 Å². The highest BCUT2D eigenvalue weighted by Crippen LogP contribution is 2.34. The van der Waals surface area contributed by atoms with Gasteiger partial charge in [0.2, 0.25) is 5.91 Å². The number of nitrogens with one attached hydrogen (secondary N) is 1. The molecule has 0 spiro atoms. The lowest BCUT2D eigenvalue weighted by atomic mass is 10.0. The van der Waals surface area contributed by atoms with Crippen molar-refractivity contribution < 1.29 is 24.2 Å². The van der Waals surface area contributed by atoms with Crippen LogP contribution < -0.4 is 5.32 Å². The summed E-state index contributed by atoms with van der Waals surface area (Å²) in [5, 5.41) is 16.5. The zero-order chi connectivity index (χ0) is 22.9. The molecular formula is C23H28N2O5S2. The summed E-state index contributed by atoms with van der Waals surface area (Å²) in [5.74, 6) is -1.31. The Morgan fingerprint density at radius 1 is 1.28 bits per heavy atom. The largest absolute Gasteiger partial charge is 0.480 e. The molecule has 0 saturated carbocycles. The van der Waals surface area contributed by atoms with E-state index in [9.17, 15) is 19.5 Å². The Morgan fingerprint density at radius 3 is 2.72 bits per heavy atom. The van der Waals surface area contributed by atoms with Crippen LogP contribution in [0.1, 0.15) is 29.7 Å². The van der Waals surface area contributed by atoms with Gasteiger partial charge in [-0.3, -0.25) is 19.7 Å². The van der Waals surface area contributed by atoms with Gasteiger partial charge in [0.15, 0.2) is 0 Å². The number of esters is 1. The highest BCUT2D eigenvalue weighted by atomic mass is 32.2. The lowest BCUT2D eigenvalue weighted by molar-refractivity contribution is -0.148. The minimum Gasteiger partial charge on any atom is -0.480 e. The first-order valence-corrected chi connectivity index (χ1v) is 12.6. The normalized spacial score (nSPS) is 19.9. The molecular weight excluding hydrogens is 448 g/mol. The van der Waals surface area contributed by atoms with Crippen LogP contribution in [0.4, 0.5) is 0 Å². The van der Waals surface area contributed by atoms with Crippen LogP contribution in [0, 0.1) is 0 Å². The van der Waals surface area contributed by atoms with Gasteiger partial charge in [0.05, 0.1) is 12.6 Å². The van der Waals surface area contributed by atoms with Crippen molar-refractivity contribution in [3.05, 3.63) is 58.3 Å². The molecule has 1 aliphatic rings. The third-order valence-electron chi connectivity index (χ3n) is 5.24. The first kappa shape index (κ1) is 24.3. The first-order valence-electron chi connectivity index (χ1n) is 10.6. The molecule has 1 fully saturated rings. The molecule has 2 N–H and O–H groups in total. The number of ether oxygens (including phenoxy) is 1. The summed E-state index contributed by atoms with van der Waals surface area (Å²) in [6.45, 7) is 1.95. The van der Waals surface area contributed by atoms with Crippen LogP contribution in [0.2, 0.25) is 0 Å². The summed E-state index contributed by atoms with van der Waals surface area (Å²) in [5.41, 5.74) is 2.17. The van der Waals surface area contributed by atoms with Gasteiger partial charge in [-0.25, -0.2) is 0 Å². The minimum atomic E-state index is -1.06. The van der Waals surface area contributed by atoms with Gasteiger partial charge in [-0.15, -0.1) is 11.8 Å². The number of carboxylic acids is 1. The van der Waals surface area contributed by atoms with Gasteiger partial charge in [-0.1, -0.05) is 30.3 Å². The summed E-state index contributed by atoms with van der Waals surface area (Å²) < 4.78 is 5.25. The van der Waals surface area contributed by atoms with E-state index in [1.165, 1.54) is 4.90 Å². The average molecular weight is 477 g/mol. The van der Waals surface area contributed by atoms with E-state index in [4.69, 9.17) is 4.74 Å². The first-order chi connectivity index (χ1) is 15.5. The maximum absolute atomic E-state index is 13.2. The molecule has 2 aromatic rings. The second kappa shape index (κ2) is 12.0. The van der Waals surface area contributed by atoms with E-state index in [2.05, 4.69) is 5.32 Å². The third kappa shape index (κ3) is 6.82. The number of amides is 1. The Morgan fingerprint density at radius 2 is 2.06 bits per heavy atom. The molecule has 0 radical (unpaired) electrons. The predicted octanol–water partition coefficient (Wildman–Crippen LogP) is 2.97. The van der Waals surface area contributed by atoms with Gasteiger partial charge in [-0.05, 0) is 47.7 Å². The Balaban J connectivity index is 1.75. The number of hydrogen-bond donors (Lipinski definition) is 2. The second-order valence-corrected chi connectivity index (χ2v) is 9.56. The molecule has 1 aromatic carbocycles. The fourth-order valence-corrected chi connectivity index (χ4v) is 5.73. The third-order valence-corrected chi connectivity index (χ3v) is 7.29. The molecule has 32 heavy (non-hydrogen) atoms. The molecule has 0 bridgehead atoms. The van der Waals surface area contributed by atoms with E-state index < -0.39 is 24.0 Å². The van der Waals surface area contributed by atoms with Crippen molar-refractivity contribution in [1.82, 2.24) is 10.2 Å². The van der Waals surface area contributed by atoms with Gasteiger partial charge in [0.25, 0.3) is 0 Å². The summed E-state index contributed by atoms with van der Waals surface area (Å²) in [6, 6.07) is 10.5. The Bertz CT molecular complexity index is 891. The smallest absolute Gasteiger partial charge is 0.323 e. The topological polar surface area (TPSA) is 95.9 Å². The lowest BCUT2D eigenvalue weighted by Gasteiger charge is -2.26. The number of carboxylic acid groups (broad SMARTS) is 1. The van der Waals surface area contributed by atoms with Gasteiger partial charge in [0.1, 0.15) is 12.6 Å². The van der Waals surface area contributed by atoms with Crippen LogP contribution in [-0.2, 0) is 25.5 Å². The zero-order valence-electron chi connectivity index (χ0n) is 17.9. The molecule has 2 heterocycles. The second-order valence-electron chi connectivity index (χ2n) is 7.54. The molecule has 1 aliphatic heterocycles. The monoisotopic (exact) mass is 476 g/mol. The van der Waals surface area contributed by atoms with Gasteiger partial charge < -0.3 is 14.7 Å². The van der Waals surface area contributed by atoms with Crippen LogP contribution in [0.25, 0.3) is 0 Å². The van der Waals surface area contributed by atoms with Crippen molar-refractivity contribution in [2.75, 3.05) is 25.4 Å². The van der Waals surface area contributed by atoms with Gasteiger partial charge in [-0.2, -0.15) is 11.3 Å². The fraction of sp³-hybridized carbons (Fsp3) is 0.435. The van der Waals surface area contributed by atoms with Crippen molar-refractivity contribution in [1.29, 1.82) is 0 Å². The quantitative estimate of drug-likeness (QED) is 0.509. The highest BCUT2D eigenvalue weighted by Gasteiger charge is 2.35. The molecule has 0 aliphatic carbocycles. The Labute approximate surface area is 196 Å². The number of aryl methyl sites for hydroxylation is 1. The van der Waals surface area contributed by atoms with Crippen molar-refractivity contribution in [3.63, 3.8) is 0 Å². The Hall–Kier alpha value is -2.36. The number of thioether (sulfide) groups is 1. The van der Waals surface area contributed by atoms with Crippen molar-refractivity contribution in [3.8, 4) is 0 Å². The van der Waals surface area contributed by atoms with Crippen molar-refractivity contribution in [2.45, 2.75) is 37.1 Å². The number of hydrogen-bond acceptors (Lipinski definition) is 7. The van der Waals surface area contributed by atoms with E-state index >= 15 is 0 Å². The maximum atomic E-state index is 13.2. The summed E-state index contributed by atoms with van der Waals surface area (Å²) in [4.78, 5) is 38.6. The number of carbonyl (C=O) groups is 3. The van der Waals surface area contributed by atoms with Gasteiger partial charge >= 0.3 is 11.9 Å². The molecule has 0 unspecified atom stereocenters. The minimum absolute atomic E-state index is 0.0123. The Kier molecular flexibility index (Phi) is 9.13. The van der Waals surface area contributed by atoms with E-state index in [0.717, 1.165) is 11.1 Å². The van der Waals surface area contributed by atoms with Crippen LogP contribution >= 0.6 is 23.1 Å². The molecule has 172 valence electrons. The number of nitrogens with zero attached hydrogens (tertiary/aromatic N) is 1. The molecule has 1 saturated heterocycles. The van der Waals surface area contributed by atoms with Crippen molar-refractivity contribution in [2.24, 2.45) is 0 Å².